The molecule has 1 heterocycles. The van der Waals surface area contributed by atoms with Crippen molar-refractivity contribution in [1.29, 1.82) is 0 Å². The molecule has 1 saturated heterocycles. The van der Waals surface area contributed by atoms with Gasteiger partial charge in [-0.15, -0.1) is 0 Å². The van der Waals surface area contributed by atoms with E-state index in [-0.39, 0.29) is 17.8 Å². The first kappa shape index (κ1) is 20.8. The number of hydrogen-bond donors (Lipinski definition) is 0. The van der Waals surface area contributed by atoms with Crippen molar-refractivity contribution < 1.29 is 26.8 Å². The minimum Gasteiger partial charge on any atom is -0.497 e. The van der Waals surface area contributed by atoms with Crippen molar-refractivity contribution in [2.24, 2.45) is 0 Å². The summed E-state index contributed by atoms with van der Waals surface area (Å²) < 4.78 is 47.3. The number of hydrogen-bond acceptors (Lipinski definition) is 6. The van der Waals surface area contributed by atoms with Crippen LogP contribution in [0.1, 0.15) is 36.5 Å². The summed E-state index contributed by atoms with van der Waals surface area (Å²) in [7, 11) is -2.29. The molecule has 0 saturated carbocycles. The Morgan fingerprint density at radius 3 is 2.39 bits per heavy atom. The number of benzene rings is 2. The highest BCUT2D eigenvalue weighted by molar-refractivity contribution is 7.86. The van der Waals surface area contributed by atoms with Crippen molar-refractivity contribution in [3.8, 4) is 5.75 Å². The van der Waals surface area contributed by atoms with Crippen LogP contribution in [-0.4, -0.2) is 35.0 Å². The molecule has 0 amide bonds. The van der Waals surface area contributed by atoms with Crippen molar-refractivity contribution in [2.45, 2.75) is 43.5 Å². The third-order valence-corrected chi connectivity index (χ3v) is 5.92. The second-order valence-electron chi connectivity index (χ2n) is 6.75. The Morgan fingerprint density at radius 2 is 1.79 bits per heavy atom. The smallest absolute Gasteiger partial charge is 0.297 e. The Balaban J connectivity index is 1.74. The Hall–Kier alpha value is -1.93. The quantitative estimate of drug-likeness (QED) is 0.617. The molecule has 1 fully saturated rings. The maximum atomic E-state index is 12.5. The van der Waals surface area contributed by atoms with Gasteiger partial charge in [0.25, 0.3) is 10.1 Å². The first-order chi connectivity index (χ1) is 13.5. The molecule has 1 aliphatic rings. The summed E-state index contributed by atoms with van der Waals surface area (Å²) >= 11 is 0. The standard InChI is InChI=1S/C21H26O6S/c1-16-6-12-19(13-7-16)28(22,23)26-15-20(27-21-5-3-4-14-25-21)17-8-10-18(24-2)11-9-17/h6-13,20-21H,3-5,14-15H2,1-2H3. The third-order valence-electron chi connectivity index (χ3n) is 4.63. The molecule has 1 aliphatic heterocycles. The van der Waals surface area contributed by atoms with E-state index in [1.807, 2.05) is 31.2 Å². The van der Waals surface area contributed by atoms with E-state index in [2.05, 4.69) is 0 Å². The average molecular weight is 407 g/mol. The fourth-order valence-electron chi connectivity index (χ4n) is 2.96. The van der Waals surface area contributed by atoms with Crippen molar-refractivity contribution in [3.05, 3.63) is 59.7 Å². The summed E-state index contributed by atoms with van der Waals surface area (Å²) in [6.07, 6.45) is 1.85. The molecule has 28 heavy (non-hydrogen) atoms. The van der Waals surface area contributed by atoms with Crippen LogP contribution in [0.4, 0.5) is 0 Å². The fourth-order valence-corrected chi connectivity index (χ4v) is 3.87. The van der Waals surface area contributed by atoms with Crippen LogP contribution in [-0.2, 0) is 23.8 Å². The molecule has 2 atom stereocenters. The summed E-state index contributed by atoms with van der Waals surface area (Å²) in [5.74, 6) is 0.713. The van der Waals surface area contributed by atoms with Crippen molar-refractivity contribution in [2.75, 3.05) is 20.3 Å². The molecule has 0 bridgehead atoms. The maximum Gasteiger partial charge on any atom is 0.297 e. The van der Waals surface area contributed by atoms with Gasteiger partial charge in [-0.3, -0.25) is 4.18 Å². The van der Waals surface area contributed by atoms with E-state index < -0.39 is 16.2 Å². The number of ether oxygens (including phenoxy) is 3. The lowest BCUT2D eigenvalue weighted by Crippen LogP contribution is -2.27. The van der Waals surface area contributed by atoms with Crippen LogP contribution in [0, 0.1) is 6.92 Å². The van der Waals surface area contributed by atoms with E-state index >= 15 is 0 Å². The average Bonchev–Trinajstić information content (AvgIpc) is 2.72. The van der Waals surface area contributed by atoms with Gasteiger partial charge in [0.05, 0.1) is 18.6 Å². The summed E-state index contributed by atoms with van der Waals surface area (Å²) in [4.78, 5) is 0.125. The lowest BCUT2D eigenvalue weighted by molar-refractivity contribution is -0.195. The first-order valence-corrected chi connectivity index (χ1v) is 10.8. The predicted octanol–water partition coefficient (Wildman–Crippen LogP) is 3.99. The van der Waals surface area contributed by atoms with E-state index in [1.54, 1.807) is 19.2 Å². The van der Waals surface area contributed by atoms with Crippen molar-refractivity contribution in [1.82, 2.24) is 0 Å². The van der Waals surface area contributed by atoms with Gasteiger partial charge in [0, 0.05) is 6.61 Å². The molecule has 2 unspecified atom stereocenters. The van der Waals surface area contributed by atoms with Gasteiger partial charge in [-0.1, -0.05) is 29.8 Å². The van der Waals surface area contributed by atoms with E-state index in [9.17, 15) is 8.42 Å². The van der Waals surface area contributed by atoms with E-state index in [0.29, 0.717) is 12.4 Å². The Bertz CT molecular complexity index is 839. The zero-order valence-electron chi connectivity index (χ0n) is 16.2. The second-order valence-corrected chi connectivity index (χ2v) is 8.36. The van der Waals surface area contributed by atoms with Gasteiger partial charge in [0.1, 0.15) is 11.9 Å². The zero-order valence-corrected chi connectivity index (χ0v) is 17.0. The van der Waals surface area contributed by atoms with Crippen molar-refractivity contribution >= 4 is 10.1 Å². The lowest BCUT2D eigenvalue weighted by Gasteiger charge is -2.28. The Labute approximate surface area is 166 Å². The Morgan fingerprint density at radius 1 is 1.07 bits per heavy atom. The Kier molecular flexibility index (Phi) is 7.07. The lowest BCUT2D eigenvalue weighted by atomic mass is 10.1. The molecule has 0 aromatic heterocycles. The number of rotatable bonds is 8. The molecular formula is C21H26O6S. The largest absolute Gasteiger partial charge is 0.497 e. The van der Waals surface area contributed by atoms with E-state index in [0.717, 1.165) is 30.4 Å². The van der Waals surface area contributed by atoms with E-state index in [4.69, 9.17) is 18.4 Å². The number of methoxy groups -OCH3 is 1. The molecular weight excluding hydrogens is 380 g/mol. The molecule has 0 aliphatic carbocycles. The topological polar surface area (TPSA) is 71.1 Å². The summed E-state index contributed by atoms with van der Waals surface area (Å²) in [5, 5.41) is 0. The summed E-state index contributed by atoms with van der Waals surface area (Å²) in [6, 6.07) is 13.9. The summed E-state index contributed by atoms with van der Waals surface area (Å²) in [5.41, 5.74) is 1.78. The van der Waals surface area contributed by atoms with Gasteiger partial charge < -0.3 is 14.2 Å². The third kappa shape index (κ3) is 5.54. The molecule has 0 radical (unpaired) electrons. The highest BCUT2D eigenvalue weighted by Crippen LogP contribution is 2.27. The number of aryl methyl sites for hydroxylation is 1. The molecule has 3 rings (SSSR count). The summed E-state index contributed by atoms with van der Waals surface area (Å²) in [6.45, 7) is 2.40. The van der Waals surface area contributed by atoms with Gasteiger partial charge in [-0.2, -0.15) is 8.42 Å². The fraction of sp³-hybridized carbons (Fsp3) is 0.429. The minimum absolute atomic E-state index is 0.125. The van der Waals surface area contributed by atoms with Crippen LogP contribution >= 0.6 is 0 Å². The maximum absolute atomic E-state index is 12.5. The first-order valence-electron chi connectivity index (χ1n) is 9.35. The molecule has 6 nitrogen and oxygen atoms in total. The van der Waals surface area contributed by atoms with Crippen molar-refractivity contribution in [3.63, 3.8) is 0 Å². The van der Waals surface area contributed by atoms with Gasteiger partial charge >= 0.3 is 0 Å². The van der Waals surface area contributed by atoms with E-state index in [1.165, 1.54) is 12.1 Å². The van der Waals surface area contributed by atoms with Gasteiger partial charge in [0.15, 0.2) is 6.29 Å². The van der Waals surface area contributed by atoms with Crippen LogP contribution in [0.5, 0.6) is 5.75 Å². The molecule has 152 valence electrons. The van der Waals surface area contributed by atoms with Crippen LogP contribution in [0.2, 0.25) is 0 Å². The minimum atomic E-state index is -3.88. The van der Waals surface area contributed by atoms with Crippen LogP contribution in [0.3, 0.4) is 0 Å². The molecule has 7 heteroatoms. The van der Waals surface area contributed by atoms with Crippen LogP contribution in [0.15, 0.2) is 53.4 Å². The predicted molar refractivity (Wildman–Crippen MR) is 105 cm³/mol. The SMILES string of the molecule is COc1ccc(C(COS(=O)(=O)c2ccc(C)cc2)OC2CCCCO2)cc1. The highest BCUT2D eigenvalue weighted by atomic mass is 32.2. The monoisotopic (exact) mass is 406 g/mol. The highest BCUT2D eigenvalue weighted by Gasteiger charge is 2.24. The molecule has 2 aromatic rings. The van der Waals surface area contributed by atoms with Gasteiger partial charge in [0.2, 0.25) is 0 Å². The zero-order chi connectivity index (χ0) is 20.0. The molecule has 2 aromatic carbocycles. The van der Waals surface area contributed by atoms with Crippen LogP contribution < -0.4 is 4.74 Å². The van der Waals surface area contributed by atoms with Gasteiger partial charge in [-0.05, 0) is 56.0 Å². The van der Waals surface area contributed by atoms with Crippen LogP contribution in [0.25, 0.3) is 0 Å². The normalized spacial score (nSPS) is 18.6. The second kappa shape index (κ2) is 9.52. The van der Waals surface area contributed by atoms with Gasteiger partial charge in [-0.25, -0.2) is 0 Å². The molecule has 0 N–H and O–H groups in total. The molecule has 0 spiro atoms.